The summed E-state index contributed by atoms with van der Waals surface area (Å²) in [5.41, 5.74) is -0.274. The molecule has 1 saturated heterocycles. The number of halogens is 2. The highest BCUT2D eigenvalue weighted by Gasteiger charge is 2.48. The number of nitrogens with one attached hydrogen (secondary N) is 1. The average Bonchev–Trinajstić information content (AvgIpc) is 2.79. The number of imide groups is 1. The van der Waals surface area contributed by atoms with Crippen LogP contribution >= 0.6 is 0 Å². The Labute approximate surface area is 150 Å². The second-order valence-corrected chi connectivity index (χ2v) is 6.99. The van der Waals surface area contributed by atoms with Gasteiger partial charge < -0.3 is 10.2 Å². The van der Waals surface area contributed by atoms with E-state index in [9.17, 15) is 23.2 Å². The van der Waals surface area contributed by atoms with Crippen LogP contribution in [0, 0.1) is 23.5 Å². The quantitative estimate of drug-likeness (QED) is 0.830. The monoisotopic (exact) mass is 365 g/mol. The van der Waals surface area contributed by atoms with Crippen LogP contribution < -0.4 is 10.2 Å². The van der Waals surface area contributed by atoms with E-state index in [0.29, 0.717) is 12.8 Å². The molecule has 2 unspecified atom stereocenters. The fourth-order valence-electron chi connectivity index (χ4n) is 3.80. The standard InChI is InChI=1S/C18H21F2N3O3/c1-22(2)16-13(19)7-10(8-14(16)20)21-15(24)9-23-17(25)11-5-3-4-6-12(11)18(23)26/h7-8,11-12H,3-6,9H2,1-2H3,(H,21,24). The lowest BCUT2D eigenvalue weighted by atomic mass is 9.81. The third kappa shape index (κ3) is 3.27. The van der Waals surface area contributed by atoms with Gasteiger partial charge in [-0.3, -0.25) is 19.3 Å². The third-order valence-corrected chi connectivity index (χ3v) is 4.98. The van der Waals surface area contributed by atoms with Crippen LogP contribution in [0.15, 0.2) is 12.1 Å². The number of amides is 3. The van der Waals surface area contributed by atoms with E-state index in [2.05, 4.69) is 5.32 Å². The van der Waals surface area contributed by atoms with E-state index >= 15 is 0 Å². The Balaban J connectivity index is 1.70. The Hall–Kier alpha value is -2.51. The van der Waals surface area contributed by atoms with Crippen molar-refractivity contribution >= 4 is 29.1 Å². The lowest BCUT2D eigenvalue weighted by molar-refractivity contribution is -0.142. The van der Waals surface area contributed by atoms with Gasteiger partial charge in [-0.1, -0.05) is 12.8 Å². The summed E-state index contributed by atoms with van der Waals surface area (Å²) in [6, 6.07) is 2.01. The van der Waals surface area contributed by atoms with Crippen LogP contribution in [0.4, 0.5) is 20.2 Å². The summed E-state index contributed by atoms with van der Waals surface area (Å²) in [4.78, 5) is 39.2. The van der Waals surface area contributed by atoms with Gasteiger partial charge in [0.25, 0.3) is 0 Å². The minimum atomic E-state index is -0.815. The van der Waals surface area contributed by atoms with Gasteiger partial charge in [-0.25, -0.2) is 8.78 Å². The van der Waals surface area contributed by atoms with E-state index < -0.39 is 24.1 Å². The molecule has 8 heteroatoms. The van der Waals surface area contributed by atoms with E-state index in [4.69, 9.17) is 0 Å². The van der Waals surface area contributed by atoms with Gasteiger partial charge in [0.2, 0.25) is 17.7 Å². The largest absolute Gasteiger partial charge is 0.373 e. The molecule has 3 amide bonds. The van der Waals surface area contributed by atoms with Gasteiger partial charge >= 0.3 is 0 Å². The number of carbonyl (C=O) groups excluding carboxylic acids is 3. The van der Waals surface area contributed by atoms with Crippen molar-refractivity contribution < 1.29 is 23.2 Å². The fraction of sp³-hybridized carbons (Fsp3) is 0.500. The molecule has 0 spiro atoms. The Morgan fingerprint density at radius 1 is 1.12 bits per heavy atom. The first-order valence-electron chi connectivity index (χ1n) is 8.61. The molecule has 1 N–H and O–H groups in total. The number of nitrogens with zero attached hydrogens (tertiary/aromatic N) is 2. The first-order valence-corrected chi connectivity index (χ1v) is 8.61. The van der Waals surface area contributed by atoms with Crippen molar-refractivity contribution in [2.24, 2.45) is 11.8 Å². The Morgan fingerprint density at radius 2 is 1.62 bits per heavy atom. The number of hydrogen-bond donors (Lipinski definition) is 1. The summed E-state index contributed by atoms with van der Waals surface area (Å²) in [5, 5.41) is 2.36. The second kappa shape index (κ2) is 7.01. The summed E-state index contributed by atoms with van der Waals surface area (Å²) in [6.45, 7) is -0.441. The van der Waals surface area contributed by atoms with Gasteiger partial charge in [0.15, 0.2) is 11.6 Å². The van der Waals surface area contributed by atoms with Crippen LogP contribution in [-0.2, 0) is 14.4 Å². The van der Waals surface area contributed by atoms with Gasteiger partial charge in [-0.15, -0.1) is 0 Å². The van der Waals surface area contributed by atoms with Gasteiger partial charge in [-0.2, -0.15) is 0 Å². The molecule has 26 heavy (non-hydrogen) atoms. The predicted molar refractivity (Wildman–Crippen MR) is 91.5 cm³/mol. The molecule has 2 atom stereocenters. The lowest BCUT2D eigenvalue weighted by Crippen LogP contribution is -2.38. The van der Waals surface area contributed by atoms with E-state index in [1.807, 2.05) is 0 Å². The molecule has 0 aromatic heterocycles. The maximum absolute atomic E-state index is 14.0. The summed E-state index contributed by atoms with van der Waals surface area (Å²) >= 11 is 0. The second-order valence-electron chi connectivity index (χ2n) is 6.99. The highest BCUT2D eigenvalue weighted by molar-refractivity contribution is 6.08. The highest BCUT2D eigenvalue weighted by atomic mass is 19.1. The Morgan fingerprint density at radius 3 is 2.08 bits per heavy atom. The van der Waals surface area contributed by atoms with Gasteiger partial charge in [-0.05, 0) is 25.0 Å². The average molecular weight is 365 g/mol. The molecule has 1 heterocycles. The summed E-state index contributed by atoms with van der Waals surface area (Å²) in [5.74, 6) is -3.61. The smallest absolute Gasteiger partial charge is 0.244 e. The number of carbonyl (C=O) groups is 3. The predicted octanol–water partition coefficient (Wildman–Crippen LogP) is 2.14. The zero-order chi connectivity index (χ0) is 19.0. The molecule has 0 radical (unpaired) electrons. The zero-order valence-corrected chi connectivity index (χ0v) is 14.7. The third-order valence-electron chi connectivity index (χ3n) is 4.98. The first kappa shape index (κ1) is 18.3. The molecule has 1 aliphatic heterocycles. The normalized spacial score (nSPS) is 22.4. The van der Waals surface area contributed by atoms with Crippen LogP contribution in [-0.4, -0.2) is 43.3 Å². The number of hydrogen-bond acceptors (Lipinski definition) is 4. The molecule has 2 aliphatic rings. The van der Waals surface area contributed by atoms with Crippen molar-refractivity contribution in [1.82, 2.24) is 4.90 Å². The van der Waals surface area contributed by atoms with Crippen LogP contribution in [0.1, 0.15) is 25.7 Å². The van der Waals surface area contributed by atoms with E-state index in [1.54, 1.807) is 0 Å². The van der Waals surface area contributed by atoms with Gasteiger partial charge in [0, 0.05) is 19.8 Å². The maximum Gasteiger partial charge on any atom is 0.244 e. The Bertz CT molecular complexity index is 719. The van der Waals surface area contributed by atoms with Crippen LogP contribution in [0.2, 0.25) is 0 Å². The van der Waals surface area contributed by atoms with E-state index in [1.165, 1.54) is 19.0 Å². The summed E-state index contributed by atoms with van der Waals surface area (Å²) in [7, 11) is 3.01. The van der Waals surface area contributed by atoms with Crippen LogP contribution in [0.3, 0.4) is 0 Å². The summed E-state index contributed by atoms with van der Waals surface area (Å²) < 4.78 is 28.0. The van der Waals surface area contributed by atoms with Crippen molar-refractivity contribution in [3.63, 3.8) is 0 Å². The topological polar surface area (TPSA) is 69.7 Å². The molecule has 0 bridgehead atoms. The van der Waals surface area contributed by atoms with Crippen molar-refractivity contribution in [2.75, 3.05) is 30.9 Å². The number of anilines is 2. The highest BCUT2D eigenvalue weighted by Crippen LogP contribution is 2.37. The summed E-state index contributed by atoms with van der Waals surface area (Å²) in [6.07, 6.45) is 3.12. The molecular formula is C18H21F2N3O3. The van der Waals surface area contributed by atoms with Gasteiger partial charge in [0.05, 0.1) is 11.8 Å². The minimum absolute atomic E-state index is 0.0629. The van der Waals surface area contributed by atoms with E-state index in [-0.39, 0.29) is 35.0 Å². The molecule has 140 valence electrons. The number of rotatable bonds is 4. The fourth-order valence-corrected chi connectivity index (χ4v) is 3.80. The molecule has 1 saturated carbocycles. The Kier molecular flexibility index (Phi) is 4.93. The zero-order valence-electron chi connectivity index (χ0n) is 14.7. The van der Waals surface area contributed by atoms with Gasteiger partial charge in [0.1, 0.15) is 12.2 Å². The number of benzene rings is 1. The molecule has 1 aliphatic carbocycles. The number of fused-ring (bicyclic) bond motifs is 1. The van der Waals surface area contributed by atoms with Crippen LogP contribution in [0.5, 0.6) is 0 Å². The van der Waals surface area contributed by atoms with Crippen molar-refractivity contribution in [3.05, 3.63) is 23.8 Å². The van der Waals surface area contributed by atoms with Crippen molar-refractivity contribution in [3.8, 4) is 0 Å². The molecule has 1 aromatic rings. The maximum atomic E-state index is 14.0. The van der Waals surface area contributed by atoms with E-state index in [0.717, 1.165) is 29.9 Å². The van der Waals surface area contributed by atoms with Crippen LogP contribution in [0.25, 0.3) is 0 Å². The SMILES string of the molecule is CN(C)c1c(F)cc(NC(=O)CN2C(=O)C3CCCCC3C2=O)cc1F. The minimum Gasteiger partial charge on any atom is -0.373 e. The molecule has 6 nitrogen and oxygen atoms in total. The molecular weight excluding hydrogens is 344 g/mol. The molecule has 1 aromatic carbocycles. The lowest BCUT2D eigenvalue weighted by Gasteiger charge is -2.19. The number of likely N-dealkylation sites (tertiary alicyclic amines) is 1. The molecule has 3 rings (SSSR count). The van der Waals surface area contributed by atoms with Crippen molar-refractivity contribution in [1.29, 1.82) is 0 Å². The first-order chi connectivity index (χ1) is 12.3. The molecule has 2 fully saturated rings. The van der Waals surface area contributed by atoms with Crippen molar-refractivity contribution in [2.45, 2.75) is 25.7 Å².